The number of piperidine rings is 1. The highest BCUT2D eigenvalue weighted by Gasteiger charge is 2.44. The number of carbonyl (C=O) groups excluding carboxylic acids is 2. The molecule has 2 aliphatic heterocycles. The highest BCUT2D eigenvalue weighted by Crippen LogP contribution is 2.46. The summed E-state index contributed by atoms with van der Waals surface area (Å²) < 4.78 is 7.17. The van der Waals surface area contributed by atoms with Gasteiger partial charge in [-0.1, -0.05) is 12.1 Å². The van der Waals surface area contributed by atoms with Crippen LogP contribution in [0.5, 0.6) is 11.8 Å². The fourth-order valence-corrected chi connectivity index (χ4v) is 7.02. The van der Waals surface area contributed by atoms with E-state index in [1.807, 2.05) is 18.2 Å². The van der Waals surface area contributed by atoms with Gasteiger partial charge in [0.2, 0.25) is 5.91 Å². The van der Waals surface area contributed by atoms with Crippen LogP contribution in [-0.4, -0.2) is 77.0 Å². The minimum atomic E-state index is -0.307. The number of phenols is 1. The van der Waals surface area contributed by atoms with E-state index in [2.05, 4.69) is 46.5 Å². The van der Waals surface area contributed by atoms with E-state index in [-0.39, 0.29) is 28.9 Å². The third-order valence-corrected chi connectivity index (χ3v) is 9.31. The summed E-state index contributed by atoms with van der Waals surface area (Å²) in [5.74, 6) is 0.0113. The highest BCUT2D eigenvalue weighted by molar-refractivity contribution is 14.1. The molecule has 1 saturated carbocycles. The zero-order valence-corrected chi connectivity index (χ0v) is 25.6. The van der Waals surface area contributed by atoms with Crippen LogP contribution < -0.4 is 15.4 Å². The van der Waals surface area contributed by atoms with E-state index < -0.39 is 0 Å². The second-order valence-corrected chi connectivity index (χ2v) is 13.1. The van der Waals surface area contributed by atoms with Crippen LogP contribution in [0.25, 0.3) is 10.8 Å². The van der Waals surface area contributed by atoms with Gasteiger partial charge in [0.15, 0.2) is 0 Å². The average Bonchev–Trinajstić information content (AvgIpc) is 3.55. The zero-order chi connectivity index (χ0) is 28.9. The predicted octanol–water partition coefficient (Wildman–Crippen LogP) is 3.52. The maximum absolute atomic E-state index is 14.0. The van der Waals surface area contributed by atoms with Crippen LogP contribution in [-0.2, 0) is 17.9 Å². The van der Waals surface area contributed by atoms with E-state index in [4.69, 9.17) is 20.4 Å². The van der Waals surface area contributed by atoms with Crippen LogP contribution in [0.3, 0.4) is 0 Å². The van der Waals surface area contributed by atoms with Gasteiger partial charge in [-0.2, -0.15) is 9.97 Å². The van der Waals surface area contributed by atoms with Crippen molar-refractivity contribution >= 4 is 51.0 Å². The molecule has 0 spiro atoms. The zero-order valence-electron chi connectivity index (χ0n) is 23.4. The molecule has 1 aromatic heterocycles. The molecule has 0 radical (unpaired) electrons. The Morgan fingerprint density at radius 3 is 2.76 bits per heavy atom. The van der Waals surface area contributed by atoms with Crippen molar-refractivity contribution in [2.24, 2.45) is 17.1 Å². The molecule has 0 bridgehead atoms. The first kappa shape index (κ1) is 28.0. The largest absolute Gasteiger partial charge is 0.508 e. The number of aromatic nitrogens is 2. The molecule has 3 heterocycles. The van der Waals surface area contributed by atoms with Crippen molar-refractivity contribution in [3.05, 3.63) is 50.7 Å². The molecule has 1 atom stereocenters. The number of nitrogens with zero attached hydrogens (tertiary/aromatic N) is 5. The number of aromatic hydroxyl groups is 1. The molecule has 2 fully saturated rings. The second-order valence-electron chi connectivity index (χ2n) is 12.0. The average molecular weight is 671 g/mol. The van der Waals surface area contributed by atoms with E-state index in [0.717, 1.165) is 64.4 Å². The normalized spacial score (nSPS) is 19.5. The van der Waals surface area contributed by atoms with Gasteiger partial charge < -0.3 is 30.3 Å². The maximum atomic E-state index is 14.0. The number of nitrogens with two attached hydrogens (primary N) is 1. The standard InChI is InChI=1S/C30H35IN6O4/c1-35(2)16-30(8-9-30)17-41-29-33-24-15-37(14-22(24)27(34-29)36-10-4-6-19(13-36)26(32)39)28(40)21-12-20(38)11-18-5-3-7-23(31)25(18)21/h3,5,7,11-12,19,38H,4,6,8-10,13-17H2,1-2H3,(H2,32,39)/t19-/m1/s1. The summed E-state index contributed by atoms with van der Waals surface area (Å²) in [5, 5.41) is 12.0. The van der Waals surface area contributed by atoms with Crippen molar-refractivity contribution in [1.29, 1.82) is 0 Å². The number of ether oxygens (including phenoxy) is 1. The molecular weight excluding hydrogens is 635 g/mol. The van der Waals surface area contributed by atoms with Crippen molar-refractivity contribution in [3.8, 4) is 11.8 Å². The van der Waals surface area contributed by atoms with E-state index in [1.54, 1.807) is 17.0 Å². The first-order valence-electron chi connectivity index (χ1n) is 14.0. The third-order valence-electron chi connectivity index (χ3n) is 8.41. The molecule has 0 unspecified atom stereocenters. The van der Waals surface area contributed by atoms with Gasteiger partial charge in [0.05, 0.1) is 36.9 Å². The topological polar surface area (TPSA) is 125 Å². The summed E-state index contributed by atoms with van der Waals surface area (Å²) >= 11 is 2.23. The van der Waals surface area contributed by atoms with Crippen LogP contribution in [0, 0.1) is 14.9 Å². The Balaban J connectivity index is 1.33. The summed E-state index contributed by atoms with van der Waals surface area (Å²) in [4.78, 5) is 41.7. The van der Waals surface area contributed by atoms with Gasteiger partial charge in [0, 0.05) is 39.6 Å². The number of fused-ring (bicyclic) bond motifs is 2. The number of anilines is 1. The number of benzene rings is 2. The molecule has 3 aromatic rings. The number of carbonyl (C=O) groups is 2. The lowest BCUT2D eigenvalue weighted by Crippen LogP contribution is -2.42. The Morgan fingerprint density at radius 2 is 2.02 bits per heavy atom. The van der Waals surface area contributed by atoms with Crippen molar-refractivity contribution < 1.29 is 19.4 Å². The molecule has 216 valence electrons. The summed E-state index contributed by atoms with van der Waals surface area (Å²) in [7, 11) is 4.13. The van der Waals surface area contributed by atoms with E-state index in [9.17, 15) is 14.7 Å². The van der Waals surface area contributed by atoms with Gasteiger partial charge in [0.1, 0.15) is 11.6 Å². The van der Waals surface area contributed by atoms with Gasteiger partial charge in [-0.05, 0) is 86.0 Å². The number of amides is 2. The van der Waals surface area contributed by atoms with Crippen LogP contribution in [0.15, 0.2) is 30.3 Å². The summed E-state index contributed by atoms with van der Waals surface area (Å²) in [5.41, 5.74) is 7.87. The molecule has 6 rings (SSSR count). The number of halogens is 1. The van der Waals surface area contributed by atoms with Gasteiger partial charge in [-0.15, -0.1) is 0 Å². The molecule has 3 aliphatic rings. The SMILES string of the molecule is CN(C)CC1(COc2nc3c(c(N4CCC[C@@H](C(N)=O)C4)n2)CN(C(=O)c2cc(O)cc4cccc(I)c24)C3)CC1. The third kappa shape index (κ3) is 5.66. The van der Waals surface area contributed by atoms with Crippen molar-refractivity contribution in [1.82, 2.24) is 19.8 Å². The first-order valence-corrected chi connectivity index (χ1v) is 15.1. The molecule has 1 aliphatic carbocycles. The van der Waals surface area contributed by atoms with Crippen molar-refractivity contribution in [3.63, 3.8) is 0 Å². The van der Waals surface area contributed by atoms with Crippen molar-refractivity contribution in [2.75, 3.05) is 45.2 Å². The molecule has 1 saturated heterocycles. The smallest absolute Gasteiger partial charge is 0.318 e. The van der Waals surface area contributed by atoms with Gasteiger partial charge in [-0.25, -0.2) is 0 Å². The minimum Gasteiger partial charge on any atom is -0.508 e. The monoisotopic (exact) mass is 670 g/mol. The number of hydrogen-bond acceptors (Lipinski definition) is 8. The lowest BCUT2D eigenvalue weighted by Gasteiger charge is -2.33. The molecule has 2 aromatic carbocycles. The van der Waals surface area contributed by atoms with E-state index >= 15 is 0 Å². The molecular formula is C30H35IN6O4. The van der Waals surface area contributed by atoms with Crippen LogP contribution in [0.2, 0.25) is 0 Å². The van der Waals surface area contributed by atoms with Gasteiger partial charge in [0.25, 0.3) is 5.91 Å². The van der Waals surface area contributed by atoms with Crippen LogP contribution in [0.1, 0.15) is 47.3 Å². The quantitative estimate of drug-likeness (QED) is 0.349. The van der Waals surface area contributed by atoms with Crippen LogP contribution >= 0.6 is 22.6 Å². The predicted molar refractivity (Wildman–Crippen MR) is 164 cm³/mol. The Kier molecular flexibility index (Phi) is 7.43. The Bertz CT molecular complexity index is 1520. The summed E-state index contributed by atoms with van der Waals surface area (Å²) in [6.07, 6.45) is 3.79. The Labute approximate surface area is 253 Å². The van der Waals surface area contributed by atoms with E-state index in [1.165, 1.54) is 0 Å². The number of rotatable bonds is 8. The lowest BCUT2D eigenvalue weighted by molar-refractivity contribution is -0.122. The lowest BCUT2D eigenvalue weighted by atomic mass is 9.97. The highest BCUT2D eigenvalue weighted by atomic mass is 127. The molecule has 11 heteroatoms. The Hall–Kier alpha value is -3.19. The molecule has 10 nitrogen and oxygen atoms in total. The minimum absolute atomic E-state index is 0.0493. The number of phenolic OH excluding ortho intramolecular Hbond substituents is 1. The summed E-state index contributed by atoms with van der Waals surface area (Å²) in [6, 6.07) is 9.28. The van der Waals surface area contributed by atoms with Gasteiger partial charge >= 0.3 is 6.01 Å². The van der Waals surface area contributed by atoms with Crippen LogP contribution in [0.4, 0.5) is 5.82 Å². The van der Waals surface area contributed by atoms with Crippen molar-refractivity contribution in [2.45, 2.75) is 38.8 Å². The Morgan fingerprint density at radius 1 is 1.22 bits per heavy atom. The fourth-order valence-electron chi connectivity index (χ4n) is 6.21. The van der Waals surface area contributed by atoms with E-state index in [0.29, 0.717) is 43.6 Å². The second kappa shape index (κ2) is 10.9. The number of hydrogen-bond donors (Lipinski definition) is 2. The number of primary amides is 1. The first-order chi connectivity index (χ1) is 19.6. The van der Waals surface area contributed by atoms with Gasteiger partial charge in [-0.3, -0.25) is 9.59 Å². The molecule has 3 N–H and O–H groups in total. The maximum Gasteiger partial charge on any atom is 0.318 e. The molecule has 41 heavy (non-hydrogen) atoms. The molecule has 2 amide bonds. The summed E-state index contributed by atoms with van der Waals surface area (Å²) in [6.45, 7) is 3.32. The fraction of sp³-hybridized carbons (Fsp3) is 0.467.